The number of hydrogen-bond donors (Lipinski definition) is 1. The number of methoxy groups -OCH3 is 1. The molecule has 4 heteroatoms. The summed E-state index contributed by atoms with van der Waals surface area (Å²) in [5.41, 5.74) is 8.39. The first-order valence-corrected chi connectivity index (χ1v) is 7.53. The number of anilines is 1. The average Bonchev–Trinajstić information content (AvgIpc) is 2.39. The predicted molar refractivity (Wildman–Crippen MR) is 80.5 cm³/mol. The van der Waals surface area contributed by atoms with Crippen LogP contribution in [0.15, 0.2) is 23.1 Å². The molecule has 0 radical (unpaired) electrons. The molecule has 1 atom stereocenters. The van der Waals surface area contributed by atoms with E-state index in [2.05, 4.69) is 43.2 Å². The zero-order valence-corrected chi connectivity index (χ0v) is 12.6. The molecule has 0 aliphatic carbocycles. The van der Waals surface area contributed by atoms with E-state index in [0.29, 0.717) is 12.6 Å². The van der Waals surface area contributed by atoms with Gasteiger partial charge >= 0.3 is 0 Å². The Balaban J connectivity index is 3.12. The maximum Gasteiger partial charge on any atom is 0.0663 e. The molecule has 0 fully saturated rings. The fraction of sp³-hybridized carbons (Fsp3) is 0.571. The van der Waals surface area contributed by atoms with Crippen LogP contribution in [0.25, 0.3) is 0 Å². The normalized spacial score (nSPS) is 12.5. The Labute approximate surface area is 115 Å². The second-order valence-corrected chi connectivity index (χ2v) is 5.10. The van der Waals surface area contributed by atoms with Gasteiger partial charge in [-0.15, -0.1) is 11.8 Å². The van der Waals surface area contributed by atoms with E-state index in [-0.39, 0.29) is 0 Å². The summed E-state index contributed by atoms with van der Waals surface area (Å²) in [6, 6.07) is 6.73. The predicted octanol–water partition coefficient (Wildman–Crippen LogP) is 2.73. The molecule has 0 saturated carbocycles. The number of nitrogens with two attached hydrogens (primary N) is 1. The lowest BCUT2D eigenvalue weighted by Gasteiger charge is -2.32. The van der Waals surface area contributed by atoms with Gasteiger partial charge in [0.1, 0.15) is 0 Å². The minimum absolute atomic E-state index is 0.349. The molecule has 0 bridgehead atoms. The molecule has 0 aliphatic rings. The van der Waals surface area contributed by atoms with Crippen molar-refractivity contribution < 1.29 is 4.74 Å². The first-order chi connectivity index (χ1) is 8.69. The second-order valence-electron chi connectivity index (χ2n) is 4.25. The highest BCUT2D eigenvalue weighted by Gasteiger charge is 2.17. The van der Waals surface area contributed by atoms with Crippen LogP contribution in [0, 0.1) is 0 Å². The van der Waals surface area contributed by atoms with E-state index in [1.165, 1.54) is 16.1 Å². The number of hydrogen-bond acceptors (Lipinski definition) is 4. The monoisotopic (exact) mass is 268 g/mol. The molecule has 102 valence electrons. The Hall–Kier alpha value is -0.710. The number of ether oxygens (including phenoxy) is 1. The summed E-state index contributed by atoms with van der Waals surface area (Å²) in [6.07, 6.45) is 2.09. The highest BCUT2D eigenvalue weighted by Crippen LogP contribution is 2.30. The van der Waals surface area contributed by atoms with Gasteiger partial charge in [-0.2, -0.15) is 0 Å². The highest BCUT2D eigenvalue weighted by molar-refractivity contribution is 7.98. The van der Waals surface area contributed by atoms with Gasteiger partial charge in [0.15, 0.2) is 0 Å². The fourth-order valence-corrected chi connectivity index (χ4v) is 2.92. The number of rotatable bonds is 7. The van der Waals surface area contributed by atoms with Gasteiger partial charge < -0.3 is 15.4 Å². The number of likely N-dealkylation sites (N-methyl/N-ethyl adjacent to an activating group) is 1. The van der Waals surface area contributed by atoms with Gasteiger partial charge in [-0.25, -0.2) is 0 Å². The molecular formula is C14H24N2OS. The molecule has 0 amide bonds. The van der Waals surface area contributed by atoms with E-state index < -0.39 is 0 Å². The van der Waals surface area contributed by atoms with E-state index in [9.17, 15) is 0 Å². The zero-order valence-electron chi connectivity index (χ0n) is 11.8. The third-order valence-electron chi connectivity index (χ3n) is 3.12. The van der Waals surface area contributed by atoms with Crippen molar-refractivity contribution in [2.45, 2.75) is 31.3 Å². The van der Waals surface area contributed by atoms with Crippen LogP contribution in [0.3, 0.4) is 0 Å². The molecule has 1 rings (SSSR count). The van der Waals surface area contributed by atoms with E-state index >= 15 is 0 Å². The number of thioether (sulfide) groups is 1. The van der Waals surface area contributed by atoms with Crippen LogP contribution in [-0.4, -0.2) is 32.6 Å². The standard InChI is InChI=1S/C14H24N2OS/c1-5-16(11(2)10-17-3)13-7-6-8-14(18-4)12(13)9-15/h6-8,11H,5,9-10,15H2,1-4H3. The lowest BCUT2D eigenvalue weighted by molar-refractivity contribution is 0.182. The van der Waals surface area contributed by atoms with Crippen LogP contribution in [0.2, 0.25) is 0 Å². The quantitative estimate of drug-likeness (QED) is 0.772. The largest absolute Gasteiger partial charge is 0.383 e. The molecule has 0 saturated heterocycles. The van der Waals surface area contributed by atoms with Crippen molar-refractivity contribution in [3.8, 4) is 0 Å². The Bertz CT molecular complexity index is 371. The van der Waals surface area contributed by atoms with Gasteiger partial charge in [0, 0.05) is 42.4 Å². The molecule has 3 nitrogen and oxygen atoms in total. The average molecular weight is 268 g/mol. The van der Waals surface area contributed by atoms with Gasteiger partial charge in [0.25, 0.3) is 0 Å². The van der Waals surface area contributed by atoms with Crippen LogP contribution >= 0.6 is 11.8 Å². The summed E-state index contributed by atoms with van der Waals surface area (Å²) in [5, 5.41) is 0. The van der Waals surface area contributed by atoms with Crippen molar-refractivity contribution in [1.29, 1.82) is 0 Å². The molecular weight excluding hydrogens is 244 g/mol. The lowest BCUT2D eigenvalue weighted by Crippen LogP contribution is -2.37. The summed E-state index contributed by atoms with van der Waals surface area (Å²) in [7, 11) is 1.74. The van der Waals surface area contributed by atoms with Crippen LogP contribution < -0.4 is 10.6 Å². The van der Waals surface area contributed by atoms with Crippen LogP contribution in [0.5, 0.6) is 0 Å². The van der Waals surface area contributed by atoms with Crippen molar-refractivity contribution in [2.75, 3.05) is 31.4 Å². The first kappa shape index (κ1) is 15.3. The Kier molecular flexibility index (Phi) is 6.54. The molecule has 1 aromatic rings. The van der Waals surface area contributed by atoms with Crippen molar-refractivity contribution >= 4 is 17.4 Å². The van der Waals surface area contributed by atoms with E-state index in [4.69, 9.17) is 10.5 Å². The van der Waals surface area contributed by atoms with E-state index in [1.807, 2.05) is 0 Å². The minimum atomic E-state index is 0.349. The Morgan fingerprint density at radius 2 is 2.17 bits per heavy atom. The zero-order chi connectivity index (χ0) is 13.5. The first-order valence-electron chi connectivity index (χ1n) is 6.31. The highest BCUT2D eigenvalue weighted by atomic mass is 32.2. The minimum Gasteiger partial charge on any atom is -0.383 e. The summed E-state index contributed by atoms with van der Waals surface area (Å²) < 4.78 is 5.26. The molecule has 18 heavy (non-hydrogen) atoms. The molecule has 0 spiro atoms. The molecule has 0 aliphatic heterocycles. The van der Waals surface area contributed by atoms with Gasteiger partial charge in [-0.05, 0) is 32.2 Å². The fourth-order valence-electron chi connectivity index (χ4n) is 2.27. The van der Waals surface area contributed by atoms with Crippen molar-refractivity contribution in [2.24, 2.45) is 5.73 Å². The Morgan fingerprint density at radius 1 is 1.44 bits per heavy atom. The maximum atomic E-state index is 5.92. The second kappa shape index (κ2) is 7.67. The van der Waals surface area contributed by atoms with E-state index in [1.54, 1.807) is 18.9 Å². The van der Waals surface area contributed by atoms with Gasteiger partial charge in [0.05, 0.1) is 6.61 Å². The molecule has 0 aromatic heterocycles. The lowest BCUT2D eigenvalue weighted by atomic mass is 10.1. The smallest absolute Gasteiger partial charge is 0.0663 e. The van der Waals surface area contributed by atoms with Gasteiger partial charge in [-0.1, -0.05) is 6.07 Å². The van der Waals surface area contributed by atoms with Gasteiger partial charge in [0.2, 0.25) is 0 Å². The summed E-state index contributed by atoms with van der Waals surface area (Å²) in [6.45, 7) is 6.59. The molecule has 1 aromatic carbocycles. The maximum absolute atomic E-state index is 5.92. The van der Waals surface area contributed by atoms with Crippen molar-refractivity contribution in [3.63, 3.8) is 0 Å². The van der Waals surface area contributed by atoms with Crippen LogP contribution in [-0.2, 0) is 11.3 Å². The van der Waals surface area contributed by atoms with Gasteiger partial charge in [-0.3, -0.25) is 0 Å². The molecule has 1 unspecified atom stereocenters. The third kappa shape index (κ3) is 3.40. The SMILES string of the molecule is CCN(c1cccc(SC)c1CN)C(C)COC. The summed E-state index contributed by atoms with van der Waals surface area (Å²) >= 11 is 1.75. The van der Waals surface area contributed by atoms with Crippen LogP contribution in [0.1, 0.15) is 19.4 Å². The third-order valence-corrected chi connectivity index (χ3v) is 3.94. The summed E-state index contributed by atoms with van der Waals surface area (Å²) in [5.74, 6) is 0. The molecule has 0 heterocycles. The van der Waals surface area contributed by atoms with Crippen LogP contribution in [0.4, 0.5) is 5.69 Å². The number of nitrogens with zero attached hydrogens (tertiary/aromatic N) is 1. The number of benzene rings is 1. The van der Waals surface area contributed by atoms with E-state index in [0.717, 1.165) is 13.2 Å². The molecule has 2 N–H and O–H groups in total. The summed E-state index contributed by atoms with van der Waals surface area (Å²) in [4.78, 5) is 3.61. The van der Waals surface area contributed by atoms with Crippen molar-refractivity contribution in [1.82, 2.24) is 0 Å². The Morgan fingerprint density at radius 3 is 2.67 bits per heavy atom. The van der Waals surface area contributed by atoms with Crippen molar-refractivity contribution in [3.05, 3.63) is 23.8 Å². The topological polar surface area (TPSA) is 38.5 Å².